The van der Waals surface area contributed by atoms with Crippen LogP contribution in [0.25, 0.3) is 5.52 Å². The number of para-hydroxylation sites is 1. The molecule has 3 aromatic rings. The molecule has 5 N–H and O–H groups in total. The lowest BCUT2D eigenvalue weighted by Gasteiger charge is -2.31. The van der Waals surface area contributed by atoms with Gasteiger partial charge in [-0.2, -0.15) is 10.2 Å². The summed E-state index contributed by atoms with van der Waals surface area (Å²) in [6.07, 6.45) is -3.45. The van der Waals surface area contributed by atoms with Gasteiger partial charge in [0.1, 0.15) is 54.2 Å². The first-order valence-corrected chi connectivity index (χ1v) is 13.3. The summed E-state index contributed by atoms with van der Waals surface area (Å²) in [6, 6.07) is 9.97. The number of aromatic nitrogens is 3. The average Bonchev–Trinajstić information content (AvgIpc) is 3.44. The molecular weight excluding hydrogens is 524 g/mol. The Labute approximate surface area is 217 Å². The third-order valence-corrected chi connectivity index (χ3v) is 7.63. The van der Waals surface area contributed by atoms with Crippen molar-refractivity contribution in [2.24, 2.45) is 0 Å². The summed E-state index contributed by atoms with van der Waals surface area (Å²) in [5.41, 5.74) is 4.41. The maximum Gasteiger partial charge on any atom is 0.459 e. The number of esters is 1. The van der Waals surface area contributed by atoms with Crippen LogP contribution in [0.1, 0.15) is 25.6 Å². The van der Waals surface area contributed by atoms with Gasteiger partial charge in [0.25, 0.3) is 0 Å². The third kappa shape index (κ3) is 5.51. The van der Waals surface area contributed by atoms with Crippen LogP contribution in [0.15, 0.2) is 48.8 Å². The Morgan fingerprint density at radius 1 is 1.32 bits per heavy atom. The van der Waals surface area contributed by atoms with Crippen LogP contribution in [0.2, 0.25) is 0 Å². The molecule has 2 aromatic heterocycles. The number of halogens is 1. The van der Waals surface area contributed by atoms with Gasteiger partial charge in [-0.3, -0.25) is 9.32 Å². The summed E-state index contributed by atoms with van der Waals surface area (Å²) in [4.78, 5) is 16.0. The molecule has 0 unspecified atom stereocenters. The fraction of sp³-hybridized carbons (Fsp3) is 0.435. The van der Waals surface area contributed by atoms with E-state index in [1.165, 1.54) is 29.9 Å². The molecule has 1 aromatic carbocycles. The number of alkyl halides is 1. The van der Waals surface area contributed by atoms with E-state index < -0.39 is 57.0 Å². The molecule has 6 atom stereocenters. The molecule has 15 heteroatoms. The summed E-state index contributed by atoms with van der Waals surface area (Å²) >= 11 is 0. The summed E-state index contributed by atoms with van der Waals surface area (Å²) < 4.78 is 51.4. The molecule has 1 aliphatic rings. The number of aliphatic hydroxyl groups excluding tert-OH is 2. The fourth-order valence-corrected chi connectivity index (χ4v) is 5.57. The van der Waals surface area contributed by atoms with Crippen molar-refractivity contribution in [1.82, 2.24) is 19.7 Å². The van der Waals surface area contributed by atoms with Gasteiger partial charge < -0.3 is 29.9 Å². The van der Waals surface area contributed by atoms with E-state index in [9.17, 15) is 24.0 Å². The zero-order chi connectivity index (χ0) is 27.5. The number of ether oxygens (including phenoxy) is 2. The number of nitrogens with zero attached hydrogens (tertiary/aromatic N) is 3. The van der Waals surface area contributed by atoms with Crippen molar-refractivity contribution in [3.05, 3.63) is 54.5 Å². The number of benzene rings is 1. The first kappa shape index (κ1) is 27.9. The van der Waals surface area contributed by atoms with E-state index >= 15 is 0 Å². The fourth-order valence-electron chi connectivity index (χ4n) is 4.02. The highest BCUT2D eigenvalue weighted by Crippen LogP contribution is 2.48. The van der Waals surface area contributed by atoms with Crippen LogP contribution in [0.4, 0.5) is 10.2 Å². The Kier molecular flexibility index (Phi) is 8.31. The van der Waals surface area contributed by atoms with Crippen LogP contribution in [0.5, 0.6) is 5.75 Å². The Morgan fingerprint density at radius 3 is 2.74 bits per heavy atom. The smallest absolute Gasteiger partial charge is 0.459 e. The molecule has 1 aliphatic heterocycles. The Morgan fingerprint density at radius 2 is 2.05 bits per heavy atom. The van der Waals surface area contributed by atoms with E-state index in [0.29, 0.717) is 5.52 Å². The number of anilines is 1. The number of hydrogen-bond donors (Lipinski definition) is 4. The van der Waals surface area contributed by atoms with Crippen molar-refractivity contribution in [2.75, 3.05) is 25.6 Å². The monoisotopic (exact) mass is 553 g/mol. The first-order chi connectivity index (χ1) is 18.1. The molecule has 13 nitrogen and oxygen atoms in total. The second-order valence-corrected chi connectivity index (χ2v) is 10.3. The van der Waals surface area contributed by atoms with Gasteiger partial charge in [-0.25, -0.2) is 18.5 Å². The largest absolute Gasteiger partial charge is 0.465 e. The summed E-state index contributed by atoms with van der Waals surface area (Å²) in [7, 11) is -4.39. The maximum atomic E-state index is 14.5. The lowest BCUT2D eigenvalue weighted by Crippen LogP contribution is -2.49. The van der Waals surface area contributed by atoms with Crippen LogP contribution >= 0.6 is 7.75 Å². The highest BCUT2D eigenvalue weighted by Gasteiger charge is 2.57. The number of nitrogens with one attached hydrogen (secondary N) is 1. The van der Waals surface area contributed by atoms with Gasteiger partial charge in [0.15, 0.2) is 5.82 Å². The van der Waals surface area contributed by atoms with Gasteiger partial charge in [-0.05, 0) is 38.1 Å². The molecular formula is C23H29FN5O8P. The van der Waals surface area contributed by atoms with Crippen LogP contribution in [0.3, 0.4) is 0 Å². The van der Waals surface area contributed by atoms with Crippen molar-refractivity contribution in [2.45, 2.75) is 43.8 Å². The minimum absolute atomic E-state index is 0.0881. The zero-order valence-corrected chi connectivity index (χ0v) is 21.5. The molecule has 0 amide bonds. The normalized spacial score (nSPS) is 25.7. The Bertz CT molecular complexity index is 1310. The zero-order valence-electron chi connectivity index (χ0n) is 20.6. The van der Waals surface area contributed by atoms with E-state index in [2.05, 4.69) is 15.2 Å². The number of nitrogen functional groups attached to an aromatic ring is 1. The van der Waals surface area contributed by atoms with Gasteiger partial charge in [0, 0.05) is 0 Å². The third-order valence-electron chi connectivity index (χ3n) is 6.00. The average molecular weight is 553 g/mol. The highest BCUT2D eigenvalue weighted by atomic mass is 31.2. The van der Waals surface area contributed by atoms with Crippen molar-refractivity contribution in [3.8, 4) is 5.75 Å². The van der Waals surface area contributed by atoms with Gasteiger partial charge >= 0.3 is 13.7 Å². The van der Waals surface area contributed by atoms with Crippen LogP contribution < -0.4 is 15.3 Å². The second-order valence-electron chi connectivity index (χ2n) is 8.65. The van der Waals surface area contributed by atoms with Crippen LogP contribution in [-0.2, 0) is 23.4 Å². The van der Waals surface area contributed by atoms with Gasteiger partial charge in [0.2, 0.25) is 0 Å². The minimum Gasteiger partial charge on any atom is -0.465 e. The summed E-state index contributed by atoms with van der Waals surface area (Å²) in [5, 5.41) is 28.2. The number of rotatable bonds is 11. The standard InChI is InChI=1S/C23H29FN5O8P/c1-3-34-22(32)14(2)28-38(33,37-15-7-5-4-6-8-15)35-12-23(11-24)20(31)18(30)19(36-23)16-9-10-17-21(25)26-13-27-29(16)17/h4-10,13-14,18-20,30-31H,3,11-12H2,1-2H3,(H,28,33)(H2,25,26,27)/t14-,18-,19-,20-,23+,38-/m0/s1. The summed E-state index contributed by atoms with van der Waals surface area (Å²) in [5.74, 6) is -0.418. The van der Waals surface area contributed by atoms with E-state index in [0.717, 1.165) is 0 Å². The number of nitrogens with two attached hydrogens (primary N) is 1. The molecule has 38 heavy (non-hydrogen) atoms. The minimum atomic E-state index is -4.39. The molecule has 1 fully saturated rings. The first-order valence-electron chi connectivity index (χ1n) is 11.7. The molecule has 3 heterocycles. The molecule has 0 radical (unpaired) electrons. The van der Waals surface area contributed by atoms with Gasteiger partial charge in [0.05, 0.1) is 18.9 Å². The number of carbonyl (C=O) groups excluding carboxylic acids is 1. The predicted octanol–water partition coefficient (Wildman–Crippen LogP) is 1.56. The number of fused-ring (bicyclic) bond motifs is 1. The lowest BCUT2D eigenvalue weighted by molar-refractivity contribution is -0.144. The topological polar surface area (TPSA) is 180 Å². The summed E-state index contributed by atoms with van der Waals surface area (Å²) in [6.45, 7) is 0.956. The molecule has 0 aliphatic carbocycles. The Hall–Kier alpha value is -3.13. The van der Waals surface area contributed by atoms with E-state index in [1.54, 1.807) is 37.3 Å². The van der Waals surface area contributed by atoms with E-state index in [4.69, 9.17) is 24.3 Å². The van der Waals surface area contributed by atoms with Gasteiger partial charge in [-0.1, -0.05) is 18.2 Å². The number of carbonyl (C=O) groups is 1. The van der Waals surface area contributed by atoms with Crippen LogP contribution in [0, 0.1) is 0 Å². The molecule has 0 saturated carbocycles. The molecule has 206 valence electrons. The SMILES string of the molecule is CCOC(=O)[C@H](C)N[P@](=O)(OC[C@@]1(CF)O[C@@H](c2ccc3c(N)ncnn23)[C@H](O)[C@@H]1O)Oc1ccccc1. The van der Waals surface area contributed by atoms with Crippen LogP contribution in [-0.4, -0.2) is 74.5 Å². The van der Waals surface area contributed by atoms with Crippen molar-refractivity contribution in [1.29, 1.82) is 0 Å². The molecule has 0 spiro atoms. The van der Waals surface area contributed by atoms with Crippen molar-refractivity contribution < 1.29 is 42.5 Å². The number of aliphatic hydroxyl groups is 2. The van der Waals surface area contributed by atoms with E-state index in [1.807, 2.05) is 0 Å². The molecule has 4 rings (SSSR count). The van der Waals surface area contributed by atoms with Crippen molar-refractivity contribution in [3.63, 3.8) is 0 Å². The molecule has 1 saturated heterocycles. The molecule has 0 bridgehead atoms. The maximum absolute atomic E-state index is 14.5. The van der Waals surface area contributed by atoms with Gasteiger partial charge in [-0.15, -0.1) is 0 Å². The Balaban J connectivity index is 1.59. The second kappa shape index (κ2) is 11.3. The van der Waals surface area contributed by atoms with Crippen molar-refractivity contribution >= 4 is 25.1 Å². The van der Waals surface area contributed by atoms with E-state index in [-0.39, 0.29) is 23.9 Å². The quantitative estimate of drug-likeness (QED) is 0.199. The predicted molar refractivity (Wildman–Crippen MR) is 132 cm³/mol. The number of hydrogen-bond acceptors (Lipinski definition) is 11. The highest BCUT2D eigenvalue weighted by molar-refractivity contribution is 7.52. The lowest BCUT2D eigenvalue weighted by atomic mass is 9.96.